The Kier molecular flexibility index (Phi) is 6.30. The summed E-state index contributed by atoms with van der Waals surface area (Å²) in [6.45, 7) is 1.36. The zero-order chi connectivity index (χ0) is 15.9. The van der Waals surface area contributed by atoms with Gasteiger partial charge in [0.2, 0.25) is 0 Å². The summed E-state index contributed by atoms with van der Waals surface area (Å²) in [5.41, 5.74) is 0.999. The molecule has 1 heterocycles. The highest BCUT2D eigenvalue weighted by molar-refractivity contribution is 7.80. The molecule has 118 valence electrons. The fraction of sp³-hybridized carbons (Fsp3) is 0.312. The summed E-state index contributed by atoms with van der Waals surface area (Å²) in [4.78, 5) is 2.70. The summed E-state index contributed by atoms with van der Waals surface area (Å²) in [6.07, 6.45) is 0. The van der Waals surface area contributed by atoms with E-state index >= 15 is 0 Å². The van der Waals surface area contributed by atoms with Crippen LogP contribution in [0, 0.1) is 5.82 Å². The average molecular weight is 338 g/mol. The van der Waals surface area contributed by atoms with Gasteiger partial charge in [-0.1, -0.05) is 18.2 Å². The Labute approximate surface area is 140 Å². The molecule has 0 aliphatic carbocycles. The zero-order valence-corrected chi connectivity index (χ0v) is 14.4. The highest BCUT2D eigenvalue weighted by Gasteiger charge is 2.18. The van der Waals surface area contributed by atoms with E-state index in [0.717, 1.165) is 12.1 Å². The van der Waals surface area contributed by atoms with Crippen LogP contribution in [0.4, 0.5) is 4.39 Å². The van der Waals surface area contributed by atoms with E-state index in [0.29, 0.717) is 17.7 Å². The maximum Gasteiger partial charge on any atom is 0.166 e. The third-order valence-electron chi connectivity index (χ3n) is 3.42. The van der Waals surface area contributed by atoms with Crippen molar-refractivity contribution in [1.82, 2.24) is 10.6 Å². The number of likely N-dealkylation sites (N-methyl/N-ethyl adjacent to an activating group) is 1. The molecule has 1 atom stereocenters. The van der Waals surface area contributed by atoms with E-state index < -0.39 is 0 Å². The van der Waals surface area contributed by atoms with Crippen LogP contribution >= 0.6 is 23.6 Å². The predicted molar refractivity (Wildman–Crippen MR) is 93.7 cm³/mol. The van der Waals surface area contributed by atoms with Crippen molar-refractivity contribution in [2.45, 2.75) is 12.6 Å². The lowest BCUT2D eigenvalue weighted by molar-refractivity contribution is -0.890. The molecule has 3 nitrogen and oxygen atoms in total. The second kappa shape index (κ2) is 8.22. The molecular weight excluding hydrogens is 317 g/mol. The Hall–Kier alpha value is -1.50. The number of rotatable bonds is 6. The highest BCUT2D eigenvalue weighted by Crippen LogP contribution is 2.15. The van der Waals surface area contributed by atoms with Gasteiger partial charge in [-0.25, -0.2) is 4.39 Å². The molecule has 0 radical (unpaired) electrons. The van der Waals surface area contributed by atoms with Crippen LogP contribution in [-0.2, 0) is 6.54 Å². The van der Waals surface area contributed by atoms with Crippen molar-refractivity contribution in [1.29, 1.82) is 0 Å². The topological polar surface area (TPSA) is 28.5 Å². The van der Waals surface area contributed by atoms with E-state index in [2.05, 4.69) is 42.2 Å². The maximum absolute atomic E-state index is 12.8. The Morgan fingerprint density at radius 3 is 2.55 bits per heavy atom. The summed E-state index contributed by atoms with van der Waals surface area (Å²) in [6, 6.07) is 11.0. The molecule has 3 N–H and O–H groups in total. The molecule has 0 aliphatic heterocycles. The maximum atomic E-state index is 12.8. The molecule has 22 heavy (non-hydrogen) atoms. The van der Waals surface area contributed by atoms with Crippen molar-refractivity contribution in [3.05, 3.63) is 58.0 Å². The largest absolute Gasteiger partial charge is 0.359 e. The van der Waals surface area contributed by atoms with Gasteiger partial charge in [0, 0.05) is 6.54 Å². The van der Waals surface area contributed by atoms with Gasteiger partial charge in [0.15, 0.2) is 5.11 Å². The van der Waals surface area contributed by atoms with Crippen LogP contribution in [0.25, 0.3) is 0 Å². The standard InChI is InChI=1S/C16H20FN3S2/c1-20(2)14(15-4-3-9-22-15)11-19-16(21)18-10-12-5-7-13(17)8-6-12/h3-9,14H,10-11H2,1-2H3,(H2,18,19,21)/p+1/t14-/m1/s1. The first kappa shape index (κ1) is 16.9. The van der Waals surface area contributed by atoms with Crippen LogP contribution in [0.2, 0.25) is 0 Å². The van der Waals surface area contributed by atoms with Gasteiger partial charge in [0.25, 0.3) is 0 Å². The summed E-state index contributed by atoms with van der Waals surface area (Å²) in [5, 5.41) is 9.13. The minimum Gasteiger partial charge on any atom is -0.359 e. The molecule has 6 heteroatoms. The third-order valence-corrected chi connectivity index (χ3v) is 4.69. The van der Waals surface area contributed by atoms with Gasteiger partial charge in [0.1, 0.15) is 11.9 Å². The van der Waals surface area contributed by atoms with E-state index in [-0.39, 0.29) is 5.82 Å². The lowest BCUT2D eigenvalue weighted by Crippen LogP contribution is -3.06. The van der Waals surface area contributed by atoms with Crippen LogP contribution < -0.4 is 15.5 Å². The quantitative estimate of drug-likeness (QED) is 0.701. The minimum atomic E-state index is -0.225. The third kappa shape index (κ3) is 5.05. The number of benzene rings is 1. The van der Waals surface area contributed by atoms with Gasteiger partial charge >= 0.3 is 0 Å². The van der Waals surface area contributed by atoms with Crippen LogP contribution in [0.15, 0.2) is 41.8 Å². The molecule has 0 saturated heterocycles. The van der Waals surface area contributed by atoms with Gasteiger partial charge in [-0.2, -0.15) is 0 Å². The molecular formula is C16H21FN3S2+. The Morgan fingerprint density at radius 2 is 1.95 bits per heavy atom. The first-order chi connectivity index (χ1) is 10.6. The molecule has 0 saturated carbocycles. The van der Waals surface area contributed by atoms with E-state index in [1.807, 2.05) is 0 Å². The van der Waals surface area contributed by atoms with E-state index in [1.54, 1.807) is 23.5 Å². The molecule has 2 aromatic rings. The number of nitrogens with one attached hydrogen (secondary N) is 3. The van der Waals surface area contributed by atoms with Crippen molar-refractivity contribution < 1.29 is 9.29 Å². The SMILES string of the molecule is C[NH+](C)[C@H](CNC(=S)NCc1ccc(F)cc1)c1cccs1. The first-order valence-corrected chi connectivity index (χ1v) is 8.44. The fourth-order valence-corrected chi connectivity index (χ4v) is 3.23. The molecule has 0 bridgehead atoms. The van der Waals surface area contributed by atoms with Crippen LogP contribution in [0.1, 0.15) is 16.5 Å². The monoisotopic (exact) mass is 338 g/mol. The zero-order valence-electron chi connectivity index (χ0n) is 12.7. The van der Waals surface area contributed by atoms with Crippen LogP contribution in [-0.4, -0.2) is 25.8 Å². The number of quaternary nitrogens is 1. The smallest absolute Gasteiger partial charge is 0.166 e. The summed E-state index contributed by atoms with van der Waals surface area (Å²) in [7, 11) is 4.28. The van der Waals surface area contributed by atoms with Gasteiger partial charge in [-0.05, 0) is 41.4 Å². The number of hydrogen-bond acceptors (Lipinski definition) is 2. The normalized spacial score (nSPS) is 12.2. The van der Waals surface area contributed by atoms with Gasteiger partial charge in [0.05, 0.1) is 25.5 Å². The highest BCUT2D eigenvalue weighted by atomic mass is 32.1. The first-order valence-electron chi connectivity index (χ1n) is 7.16. The van der Waals surface area contributed by atoms with Gasteiger partial charge < -0.3 is 15.5 Å². The Balaban J connectivity index is 1.80. The van der Waals surface area contributed by atoms with Crippen molar-refractivity contribution in [3.63, 3.8) is 0 Å². The van der Waals surface area contributed by atoms with Crippen molar-refractivity contribution in [3.8, 4) is 0 Å². The number of thiocarbonyl (C=S) groups is 1. The van der Waals surface area contributed by atoms with Gasteiger partial charge in [-0.3, -0.25) is 0 Å². The second-order valence-corrected chi connectivity index (χ2v) is 6.72. The van der Waals surface area contributed by atoms with E-state index in [1.165, 1.54) is 21.9 Å². The predicted octanol–water partition coefficient (Wildman–Crippen LogP) is 1.74. The number of hydrogen-bond donors (Lipinski definition) is 3. The van der Waals surface area contributed by atoms with Gasteiger partial charge in [-0.15, -0.1) is 11.3 Å². The average Bonchev–Trinajstić information content (AvgIpc) is 3.00. The van der Waals surface area contributed by atoms with Crippen molar-refractivity contribution in [2.75, 3.05) is 20.6 Å². The molecule has 0 unspecified atom stereocenters. The minimum absolute atomic E-state index is 0.225. The van der Waals surface area contributed by atoms with E-state index in [4.69, 9.17) is 12.2 Å². The molecule has 1 aromatic carbocycles. The lowest BCUT2D eigenvalue weighted by Gasteiger charge is -2.21. The molecule has 1 aromatic heterocycles. The van der Waals surface area contributed by atoms with Crippen molar-refractivity contribution >= 4 is 28.7 Å². The Bertz CT molecular complexity index is 582. The molecule has 0 spiro atoms. The van der Waals surface area contributed by atoms with Crippen LogP contribution in [0.5, 0.6) is 0 Å². The summed E-state index contributed by atoms with van der Waals surface area (Å²) >= 11 is 7.07. The lowest BCUT2D eigenvalue weighted by atomic mass is 10.2. The fourth-order valence-electron chi connectivity index (χ4n) is 2.12. The van der Waals surface area contributed by atoms with E-state index in [9.17, 15) is 4.39 Å². The van der Waals surface area contributed by atoms with Crippen molar-refractivity contribution in [2.24, 2.45) is 0 Å². The Morgan fingerprint density at radius 1 is 1.23 bits per heavy atom. The molecule has 0 aliphatic rings. The number of thiophene rings is 1. The summed E-state index contributed by atoms with van der Waals surface area (Å²) in [5.74, 6) is -0.225. The second-order valence-electron chi connectivity index (χ2n) is 5.34. The molecule has 0 amide bonds. The molecule has 2 rings (SSSR count). The number of halogens is 1. The summed E-state index contributed by atoms with van der Waals surface area (Å²) < 4.78 is 12.8. The molecule has 0 fully saturated rings. The van der Waals surface area contributed by atoms with Crippen LogP contribution in [0.3, 0.4) is 0 Å².